The van der Waals surface area contributed by atoms with Gasteiger partial charge in [0.1, 0.15) is 11.6 Å². The van der Waals surface area contributed by atoms with Gasteiger partial charge >= 0.3 is 0 Å². The van der Waals surface area contributed by atoms with E-state index >= 15 is 0 Å². The van der Waals surface area contributed by atoms with Gasteiger partial charge in [-0.25, -0.2) is 0 Å². The fraction of sp³-hybridized carbons (Fsp3) is 0.350. The van der Waals surface area contributed by atoms with E-state index in [9.17, 15) is 4.79 Å². The second-order valence-electron chi connectivity index (χ2n) is 6.24. The van der Waals surface area contributed by atoms with Crippen molar-refractivity contribution in [2.45, 2.75) is 25.3 Å². The molecule has 130 valence electrons. The number of aliphatic imine (C=N–C) groups is 1. The summed E-state index contributed by atoms with van der Waals surface area (Å²) in [6, 6.07) is 12.1. The van der Waals surface area contributed by atoms with Crippen LogP contribution in [0, 0.1) is 0 Å². The normalized spacial score (nSPS) is 15.7. The molecular weight excluding hydrogens is 314 g/mol. The van der Waals surface area contributed by atoms with Crippen LogP contribution in [0.2, 0.25) is 0 Å². The minimum absolute atomic E-state index is 0.0774. The van der Waals surface area contributed by atoms with E-state index in [1.54, 1.807) is 14.2 Å². The lowest BCUT2D eigenvalue weighted by atomic mass is 9.93. The number of ether oxygens (including phenoxy) is 1. The molecule has 0 amide bonds. The summed E-state index contributed by atoms with van der Waals surface area (Å²) in [6.07, 6.45) is 2.61. The minimum Gasteiger partial charge on any atom is -0.384 e. The summed E-state index contributed by atoms with van der Waals surface area (Å²) >= 11 is 0. The number of hydrogen-bond acceptors (Lipinski definition) is 4. The van der Waals surface area contributed by atoms with E-state index in [0.717, 1.165) is 34.8 Å². The van der Waals surface area contributed by atoms with Crippen LogP contribution in [0.3, 0.4) is 0 Å². The number of Topliss-reactive ketones (excluding diaryl/α,β-unsaturated/α-hetero) is 1. The first-order valence-corrected chi connectivity index (χ1v) is 8.45. The van der Waals surface area contributed by atoms with Gasteiger partial charge < -0.3 is 10.1 Å². The van der Waals surface area contributed by atoms with Crippen LogP contribution in [-0.4, -0.2) is 37.4 Å². The highest BCUT2D eigenvalue weighted by Gasteiger charge is 2.20. The van der Waals surface area contributed by atoms with Crippen LogP contribution in [0.4, 0.5) is 0 Å². The van der Waals surface area contributed by atoms with Crippen LogP contribution in [0.1, 0.15) is 34.7 Å². The molecule has 0 saturated heterocycles. The van der Waals surface area contributed by atoms with Gasteiger partial charge in [0.2, 0.25) is 0 Å². The first-order chi connectivity index (χ1) is 12.2. The molecule has 3 rings (SSSR count). The quantitative estimate of drug-likeness (QED) is 0.843. The Morgan fingerprint density at radius 3 is 2.88 bits per heavy atom. The Kier molecular flexibility index (Phi) is 5.56. The summed E-state index contributed by atoms with van der Waals surface area (Å²) in [5.41, 5.74) is 4.12. The number of methoxy groups -OCH3 is 1. The van der Waals surface area contributed by atoms with Crippen molar-refractivity contribution in [3.63, 3.8) is 0 Å². The molecule has 1 aliphatic rings. The van der Waals surface area contributed by atoms with E-state index in [1.165, 1.54) is 0 Å². The van der Waals surface area contributed by atoms with Crippen LogP contribution < -0.4 is 5.32 Å². The number of carbonyl (C=O) groups is 1. The van der Waals surface area contributed by atoms with Gasteiger partial charge in [-0.1, -0.05) is 30.3 Å². The molecule has 0 saturated carbocycles. The van der Waals surface area contributed by atoms with Crippen LogP contribution in [0.15, 0.2) is 47.6 Å². The van der Waals surface area contributed by atoms with Gasteiger partial charge in [0.05, 0.1) is 6.61 Å². The molecule has 0 radical (unpaired) electrons. The van der Waals surface area contributed by atoms with Crippen LogP contribution >= 0.6 is 0 Å². The highest BCUT2D eigenvalue weighted by atomic mass is 16.5. The number of aromatic nitrogens is 1. The highest BCUT2D eigenvalue weighted by Crippen LogP contribution is 2.22. The summed E-state index contributed by atoms with van der Waals surface area (Å²) in [5.74, 6) is 1.12. The summed E-state index contributed by atoms with van der Waals surface area (Å²) in [4.78, 5) is 21.2. The van der Waals surface area contributed by atoms with Gasteiger partial charge in [0.25, 0.3) is 0 Å². The number of ketones is 1. The van der Waals surface area contributed by atoms with Crippen LogP contribution in [-0.2, 0) is 22.5 Å². The van der Waals surface area contributed by atoms with Crippen molar-refractivity contribution in [3.8, 4) is 0 Å². The zero-order chi connectivity index (χ0) is 17.6. The van der Waals surface area contributed by atoms with E-state index in [-0.39, 0.29) is 11.7 Å². The molecule has 0 bridgehead atoms. The Morgan fingerprint density at radius 2 is 2.16 bits per heavy atom. The lowest BCUT2D eigenvalue weighted by molar-refractivity contribution is -0.119. The molecule has 2 aromatic rings. The zero-order valence-corrected chi connectivity index (χ0v) is 14.7. The molecule has 1 N–H and O–H groups in total. The molecule has 1 aromatic carbocycles. The average Bonchev–Trinajstić information content (AvgIpc) is 3.04. The summed E-state index contributed by atoms with van der Waals surface area (Å²) < 4.78 is 5.30. The maximum atomic E-state index is 12.6. The van der Waals surface area contributed by atoms with E-state index < -0.39 is 0 Å². The fourth-order valence-corrected chi connectivity index (χ4v) is 3.22. The monoisotopic (exact) mass is 337 g/mol. The Labute approximate surface area is 148 Å². The van der Waals surface area contributed by atoms with E-state index in [4.69, 9.17) is 4.74 Å². The lowest BCUT2D eigenvalue weighted by Crippen LogP contribution is -2.15. The number of amidine groups is 1. The SMILES string of the molecule is CN=C1NCc2cc(CC(=O)C[C@H](COC)c3ccccc3)ncc21. The van der Waals surface area contributed by atoms with Gasteiger partial charge in [0, 0.05) is 56.9 Å². The van der Waals surface area contributed by atoms with Gasteiger partial charge in [-0.05, 0) is 17.2 Å². The minimum atomic E-state index is 0.0774. The van der Waals surface area contributed by atoms with Gasteiger partial charge in [-0.15, -0.1) is 0 Å². The number of benzene rings is 1. The topological polar surface area (TPSA) is 63.6 Å². The molecule has 1 aromatic heterocycles. The first-order valence-electron chi connectivity index (χ1n) is 8.45. The molecule has 0 aliphatic carbocycles. The number of nitrogens with one attached hydrogen (secondary N) is 1. The maximum Gasteiger partial charge on any atom is 0.139 e. The van der Waals surface area contributed by atoms with Crippen molar-refractivity contribution in [2.75, 3.05) is 20.8 Å². The molecule has 0 unspecified atom stereocenters. The van der Waals surface area contributed by atoms with Crippen molar-refractivity contribution < 1.29 is 9.53 Å². The van der Waals surface area contributed by atoms with E-state index in [2.05, 4.69) is 15.3 Å². The number of hydrogen-bond donors (Lipinski definition) is 1. The fourth-order valence-electron chi connectivity index (χ4n) is 3.22. The molecule has 2 heterocycles. The Balaban J connectivity index is 1.68. The standard InChI is InChI=1S/C20H23N3O2/c1-21-20-19-12-22-17(8-15(19)11-23-20)10-18(24)9-16(13-25-2)14-6-4-3-5-7-14/h3-8,12,16H,9-11,13H2,1-2H3,(H,21,23)/t16-/m1/s1. The zero-order valence-electron chi connectivity index (χ0n) is 14.7. The van der Waals surface area contributed by atoms with E-state index in [0.29, 0.717) is 19.4 Å². The Bertz CT molecular complexity index is 772. The second kappa shape index (κ2) is 8.03. The molecule has 1 aliphatic heterocycles. The van der Waals surface area contributed by atoms with Crippen molar-refractivity contribution in [2.24, 2.45) is 4.99 Å². The molecule has 5 nitrogen and oxygen atoms in total. The number of pyridine rings is 1. The smallest absolute Gasteiger partial charge is 0.139 e. The number of carbonyl (C=O) groups excluding carboxylic acids is 1. The number of rotatable bonds is 7. The van der Waals surface area contributed by atoms with Crippen LogP contribution in [0.5, 0.6) is 0 Å². The Hall–Kier alpha value is -2.53. The third kappa shape index (κ3) is 4.12. The summed E-state index contributed by atoms with van der Waals surface area (Å²) in [5, 5.41) is 3.23. The molecule has 0 spiro atoms. The average molecular weight is 337 g/mol. The molecule has 25 heavy (non-hydrogen) atoms. The molecule has 0 fully saturated rings. The van der Waals surface area contributed by atoms with Crippen molar-refractivity contribution in [1.29, 1.82) is 0 Å². The highest BCUT2D eigenvalue weighted by molar-refractivity contribution is 6.02. The predicted octanol–water partition coefficient (Wildman–Crippen LogP) is 2.49. The van der Waals surface area contributed by atoms with Crippen LogP contribution in [0.25, 0.3) is 0 Å². The lowest BCUT2D eigenvalue weighted by Gasteiger charge is -2.15. The number of nitrogens with zero attached hydrogens (tertiary/aromatic N) is 2. The molecule has 1 atom stereocenters. The Morgan fingerprint density at radius 1 is 1.36 bits per heavy atom. The van der Waals surface area contributed by atoms with Gasteiger partial charge in [0.15, 0.2) is 0 Å². The molecular formula is C20H23N3O2. The summed E-state index contributed by atoms with van der Waals surface area (Å²) in [7, 11) is 3.43. The van der Waals surface area contributed by atoms with Crippen molar-refractivity contribution in [1.82, 2.24) is 10.3 Å². The predicted molar refractivity (Wildman–Crippen MR) is 97.9 cm³/mol. The third-order valence-corrected chi connectivity index (χ3v) is 4.46. The number of fused-ring (bicyclic) bond motifs is 1. The van der Waals surface area contributed by atoms with Gasteiger partial charge in [-0.2, -0.15) is 0 Å². The summed E-state index contributed by atoms with van der Waals surface area (Å²) in [6.45, 7) is 1.27. The van der Waals surface area contributed by atoms with Crippen molar-refractivity contribution in [3.05, 3.63) is 65.0 Å². The van der Waals surface area contributed by atoms with Gasteiger partial charge in [-0.3, -0.25) is 14.8 Å². The third-order valence-electron chi connectivity index (χ3n) is 4.46. The van der Waals surface area contributed by atoms with Crippen molar-refractivity contribution >= 4 is 11.6 Å². The maximum absolute atomic E-state index is 12.6. The first kappa shape index (κ1) is 17.3. The second-order valence-corrected chi connectivity index (χ2v) is 6.24. The molecule has 5 heteroatoms. The largest absolute Gasteiger partial charge is 0.384 e. The van der Waals surface area contributed by atoms with E-state index in [1.807, 2.05) is 42.6 Å².